The van der Waals surface area contributed by atoms with Gasteiger partial charge in [0.2, 0.25) is 11.9 Å². The first kappa shape index (κ1) is 10.3. The molecule has 1 saturated carbocycles. The van der Waals surface area contributed by atoms with E-state index in [1.165, 1.54) is 25.7 Å². The van der Waals surface area contributed by atoms with E-state index in [9.17, 15) is 0 Å². The molecule has 1 aromatic rings. The number of nitrogen functional groups attached to an aromatic ring is 1. The summed E-state index contributed by atoms with van der Waals surface area (Å²) in [6.07, 6.45) is 5.40. The van der Waals surface area contributed by atoms with Gasteiger partial charge in [-0.15, -0.1) is 5.10 Å². The lowest BCUT2D eigenvalue weighted by atomic mass is 9.80. The molecular weight excluding hydrogens is 190 g/mol. The number of aromatic amines is 1. The van der Waals surface area contributed by atoms with Gasteiger partial charge in [0.15, 0.2) is 0 Å². The number of H-pyrrole nitrogens is 1. The molecule has 0 radical (unpaired) electrons. The van der Waals surface area contributed by atoms with Crippen LogP contribution < -0.4 is 11.1 Å². The van der Waals surface area contributed by atoms with Crippen molar-refractivity contribution >= 4 is 11.9 Å². The summed E-state index contributed by atoms with van der Waals surface area (Å²) in [6, 6.07) is 0. The standard InChI is InChI=1S/C10H19N5/c1-7-4-2-3-5-8(7)6-12-10-13-9(11)14-15-10/h7-8H,2-6H2,1H3,(H4,11,12,13,14,15). The van der Waals surface area contributed by atoms with Crippen LogP contribution in [-0.4, -0.2) is 21.7 Å². The summed E-state index contributed by atoms with van der Waals surface area (Å²) < 4.78 is 0. The Kier molecular flexibility index (Phi) is 3.08. The predicted octanol–water partition coefficient (Wildman–Crippen LogP) is 1.63. The van der Waals surface area contributed by atoms with Crippen LogP contribution in [-0.2, 0) is 0 Å². The van der Waals surface area contributed by atoms with Crippen LogP contribution in [0.2, 0.25) is 0 Å². The van der Waals surface area contributed by atoms with Crippen LogP contribution in [0.25, 0.3) is 0 Å². The van der Waals surface area contributed by atoms with Crippen LogP contribution in [0.4, 0.5) is 11.9 Å². The van der Waals surface area contributed by atoms with Gasteiger partial charge in [0.05, 0.1) is 0 Å². The maximum absolute atomic E-state index is 5.45. The summed E-state index contributed by atoms with van der Waals surface area (Å²) in [7, 11) is 0. The molecule has 0 aromatic carbocycles. The van der Waals surface area contributed by atoms with Gasteiger partial charge in [0.25, 0.3) is 0 Å². The highest BCUT2D eigenvalue weighted by atomic mass is 15.3. The fourth-order valence-corrected chi connectivity index (χ4v) is 2.27. The van der Waals surface area contributed by atoms with Gasteiger partial charge in [-0.1, -0.05) is 26.2 Å². The number of rotatable bonds is 3. The molecule has 2 rings (SSSR count). The van der Waals surface area contributed by atoms with E-state index in [1.54, 1.807) is 0 Å². The van der Waals surface area contributed by atoms with Gasteiger partial charge < -0.3 is 11.1 Å². The normalized spacial score (nSPS) is 26.5. The van der Waals surface area contributed by atoms with E-state index in [0.29, 0.717) is 11.9 Å². The Hall–Kier alpha value is -1.26. The number of hydrogen-bond donors (Lipinski definition) is 3. The molecule has 2 atom stereocenters. The molecular formula is C10H19N5. The molecule has 1 heterocycles. The Morgan fingerprint density at radius 2 is 2.27 bits per heavy atom. The van der Waals surface area contributed by atoms with Crippen LogP contribution in [0.3, 0.4) is 0 Å². The van der Waals surface area contributed by atoms with Crippen molar-refractivity contribution in [3.63, 3.8) is 0 Å². The van der Waals surface area contributed by atoms with Crippen molar-refractivity contribution in [1.29, 1.82) is 0 Å². The smallest absolute Gasteiger partial charge is 0.243 e. The monoisotopic (exact) mass is 209 g/mol. The molecule has 5 heteroatoms. The minimum absolute atomic E-state index is 0.370. The molecule has 0 spiro atoms. The molecule has 0 amide bonds. The zero-order chi connectivity index (χ0) is 10.7. The molecule has 0 bridgehead atoms. The van der Waals surface area contributed by atoms with Crippen molar-refractivity contribution in [3.8, 4) is 0 Å². The lowest BCUT2D eigenvalue weighted by molar-refractivity contribution is 0.268. The highest BCUT2D eigenvalue weighted by molar-refractivity contribution is 5.29. The van der Waals surface area contributed by atoms with E-state index in [0.717, 1.165) is 18.4 Å². The summed E-state index contributed by atoms with van der Waals surface area (Å²) in [5, 5.41) is 9.81. The van der Waals surface area contributed by atoms with Crippen molar-refractivity contribution in [2.45, 2.75) is 32.6 Å². The third-order valence-electron chi connectivity index (χ3n) is 3.31. The van der Waals surface area contributed by atoms with Gasteiger partial charge in [-0.2, -0.15) is 4.98 Å². The zero-order valence-corrected chi connectivity index (χ0v) is 9.16. The van der Waals surface area contributed by atoms with Gasteiger partial charge >= 0.3 is 0 Å². The first-order valence-electron chi connectivity index (χ1n) is 5.67. The van der Waals surface area contributed by atoms with E-state index < -0.39 is 0 Å². The average molecular weight is 209 g/mol. The second kappa shape index (κ2) is 4.51. The van der Waals surface area contributed by atoms with Gasteiger partial charge in [-0.05, 0) is 18.3 Å². The third-order valence-corrected chi connectivity index (χ3v) is 3.31. The molecule has 84 valence electrons. The van der Waals surface area contributed by atoms with E-state index in [4.69, 9.17) is 5.73 Å². The van der Waals surface area contributed by atoms with Gasteiger partial charge in [0.1, 0.15) is 0 Å². The van der Waals surface area contributed by atoms with Crippen LogP contribution in [0.5, 0.6) is 0 Å². The molecule has 1 aliphatic carbocycles. The first-order chi connectivity index (χ1) is 7.25. The molecule has 2 unspecified atom stereocenters. The van der Waals surface area contributed by atoms with Crippen LogP contribution in [0, 0.1) is 11.8 Å². The van der Waals surface area contributed by atoms with Gasteiger partial charge in [-0.3, -0.25) is 0 Å². The van der Waals surface area contributed by atoms with E-state index >= 15 is 0 Å². The lowest BCUT2D eigenvalue weighted by Gasteiger charge is -2.28. The van der Waals surface area contributed by atoms with E-state index in [1.807, 2.05) is 0 Å². The van der Waals surface area contributed by atoms with Crippen molar-refractivity contribution in [2.24, 2.45) is 11.8 Å². The average Bonchev–Trinajstić information content (AvgIpc) is 2.63. The summed E-state index contributed by atoms with van der Waals surface area (Å²) >= 11 is 0. The fraction of sp³-hybridized carbons (Fsp3) is 0.800. The molecule has 1 fully saturated rings. The molecule has 0 saturated heterocycles. The number of hydrogen-bond acceptors (Lipinski definition) is 4. The van der Waals surface area contributed by atoms with E-state index in [-0.39, 0.29) is 0 Å². The van der Waals surface area contributed by atoms with Gasteiger partial charge in [0, 0.05) is 6.54 Å². The predicted molar refractivity (Wildman–Crippen MR) is 60.4 cm³/mol. The van der Waals surface area contributed by atoms with Crippen molar-refractivity contribution in [1.82, 2.24) is 15.2 Å². The van der Waals surface area contributed by atoms with Crippen LogP contribution in [0.1, 0.15) is 32.6 Å². The largest absolute Gasteiger partial charge is 0.368 e. The number of aromatic nitrogens is 3. The topological polar surface area (TPSA) is 79.6 Å². The van der Waals surface area contributed by atoms with Crippen LogP contribution >= 0.6 is 0 Å². The van der Waals surface area contributed by atoms with E-state index in [2.05, 4.69) is 27.4 Å². The molecule has 1 aliphatic rings. The van der Waals surface area contributed by atoms with Crippen molar-refractivity contribution in [3.05, 3.63) is 0 Å². The maximum Gasteiger partial charge on any atom is 0.243 e. The second-order valence-electron chi connectivity index (χ2n) is 4.45. The zero-order valence-electron chi connectivity index (χ0n) is 9.16. The lowest BCUT2D eigenvalue weighted by Crippen LogP contribution is -2.24. The second-order valence-corrected chi connectivity index (χ2v) is 4.45. The summed E-state index contributed by atoms with van der Waals surface area (Å²) in [6.45, 7) is 3.29. The quantitative estimate of drug-likeness (QED) is 0.706. The van der Waals surface area contributed by atoms with Crippen molar-refractivity contribution in [2.75, 3.05) is 17.6 Å². The first-order valence-corrected chi connectivity index (χ1v) is 5.67. The SMILES string of the molecule is CC1CCCCC1CNc1n[nH]c(N)n1. The number of anilines is 2. The molecule has 4 N–H and O–H groups in total. The van der Waals surface area contributed by atoms with Crippen molar-refractivity contribution < 1.29 is 0 Å². The van der Waals surface area contributed by atoms with Gasteiger partial charge in [-0.25, -0.2) is 5.10 Å². The molecule has 15 heavy (non-hydrogen) atoms. The Labute approximate surface area is 89.9 Å². The summed E-state index contributed by atoms with van der Waals surface area (Å²) in [5.74, 6) is 2.54. The third kappa shape index (κ3) is 2.61. The Balaban J connectivity index is 1.81. The van der Waals surface area contributed by atoms with Crippen LogP contribution in [0.15, 0.2) is 0 Å². The number of nitrogens with two attached hydrogens (primary N) is 1. The Morgan fingerprint density at radius 3 is 2.93 bits per heavy atom. The highest BCUT2D eigenvalue weighted by Gasteiger charge is 2.21. The minimum Gasteiger partial charge on any atom is -0.368 e. The Bertz CT molecular complexity index is 309. The number of nitrogens with zero attached hydrogens (tertiary/aromatic N) is 2. The molecule has 0 aliphatic heterocycles. The molecule has 1 aromatic heterocycles. The summed E-state index contributed by atoms with van der Waals surface area (Å²) in [5.41, 5.74) is 5.45. The minimum atomic E-state index is 0.370. The molecule has 5 nitrogen and oxygen atoms in total. The number of nitrogens with one attached hydrogen (secondary N) is 2. The fourth-order valence-electron chi connectivity index (χ4n) is 2.27. The summed E-state index contributed by atoms with van der Waals surface area (Å²) in [4.78, 5) is 4.02. The Morgan fingerprint density at radius 1 is 1.47 bits per heavy atom. The highest BCUT2D eigenvalue weighted by Crippen LogP contribution is 2.29. The maximum atomic E-state index is 5.45.